The van der Waals surface area contributed by atoms with Crippen molar-refractivity contribution < 1.29 is 9.53 Å². The zero-order valence-corrected chi connectivity index (χ0v) is 14.2. The molecule has 1 spiro atoms. The number of hydrogen-bond donors (Lipinski definition) is 0. The first-order valence-electron chi connectivity index (χ1n) is 7.96. The van der Waals surface area contributed by atoms with E-state index >= 15 is 0 Å². The summed E-state index contributed by atoms with van der Waals surface area (Å²) in [6.45, 7) is 2.76. The van der Waals surface area contributed by atoms with Crippen LogP contribution in [0.2, 0.25) is 0 Å². The molecule has 0 aromatic heterocycles. The average Bonchev–Trinajstić information content (AvgIpc) is 3.15. The van der Waals surface area contributed by atoms with Gasteiger partial charge in [0.2, 0.25) is 5.91 Å². The molecule has 1 saturated carbocycles. The molecule has 0 N–H and O–H groups in total. The molecule has 1 aromatic rings. The highest BCUT2D eigenvalue weighted by atomic mass is 32.2. The van der Waals surface area contributed by atoms with E-state index < -0.39 is 5.72 Å². The molecule has 1 amide bonds. The SMILES string of the molecule is C[C@@]12OC[C@@H](c3ccccc3)N1C(=O)[C@@H]1[C@@H]2CC12SCCS2. The van der Waals surface area contributed by atoms with Gasteiger partial charge in [0.1, 0.15) is 5.72 Å². The molecule has 1 aliphatic carbocycles. The summed E-state index contributed by atoms with van der Waals surface area (Å²) in [6, 6.07) is 10.4. The highest BCUT2D eigenvalue weighted by molar-refractivity contribution is 8.21. The standard InChI is InChI=1S/C17H19NO2S2/c1-16-12-9-17(21-7-8-22-17)14(12)15(19)18(16)13(10-20-16)11-5-3-2-4-6-11/h2-6,12-14H,7-10H2,1H3/t12-,13-,14-,16-/m0/s1. The van der Waals surface area contributed by atoms with E-state index in [9.17, 15) is 4.79 Å². The summed E-state index contributed by atoms with van der Waals surface area (Å²) in [7, 11) is 0. The summed E-state index contributed by atoms with van der Waals surface area (Å²) in [6.07, 6.45) is 1.12. The molecular formula is C17H19NO2S2. The Balaban J connectivity index is 1.52. The molecular weight excluding hydrogens is 314 g/mol. The number of benzene rings is 1. The highest BCUT2D eigenvalue weighted by Gasteiger charge is 2.74. The van der Waals surface area contributed by atoms with Crippen LogP contribution in [0.25, 0.3) is 0 Å². The Labute approximate surface area is 139 Å². The lowest BCUT2D eigenvalue weighted by Gasteiger charge is -2.49. The van der Waals surface area contributed by atoms with Gasteiger partial charge in [-0.3, -0.25) is 4.79 Å². The smallest absolute Gasteiger partial charge is 0.231 e. The van der Waals surface area contributed by atoms with Crippen molar-refractivity contribution in [2.75, 3.05) is 18.1 Å². The largest absolute Gasteiger partial charge is 0.353 e. The molecule has 116 valence electrons. The van der Waals surface area contributed by atoms with Gasteiger partial charge in [0.05, 0.1) is 22.6 Å². The molecule has 4 fully saturated rings. The second-order valence-electron chi connectivity index (χ2n) is 6.80. The van der Waals surface area contributed by atoms with Crippen LogP contribution in [-0.4, -0.2) is 38.7 Å². The lowest BCUT2D eigenvalue weighted by Crippen LogP contribution is -2.53. The Morgan fingerprint density at radius 2 is 1.95 bits per heavy atom. The van der Waals surface area contributed by atoms with Gasteiger partial charge in [-0.1, -0.05) is 30.3 Å². The predicted octanol–water partition coefficient (Wildman–Crippen LogP) is 3.13. The second-order valence-corrected chi connectivity index (χ2v) is 9.91. The molecule has 3 saturated heterocycles. The summed E-state index contributed by atoms with van der Waals surface area (Å²) in [5.41, 5.74) is 0.804. The van der Waals surface area contributed by atoms with Crippen LogP contribution in [0, 0.1) is 11.8 Å². The maximum atomic E-state index is 13.2. The minimum absolute atomic E-state index is 0.0813. The topological polar surface area (TPSA) is 29.5 Å². The summed E-state index contributed by atoms with van der Waals surface area (Å²) in [4.78, 5) is 15.3. The van der Waals surface area contributed by atoms with Crippen LogP contribution in [0.3, 0.4) is 0 Å². The van der Waals surface area contributed by atoms with Crippen LogP contribution in [0.1, 0.15) is 24.9 Å². The van der Waals surface area contributed by atoms with Crippen molar-refractivity contribution in [1.82, 2.24) is 4.90 Å². The van der Waals surface area contributed by atoms with Gasteiger partial charge in [-0.15, -0.1) is 23.5 Å². The third-order valence-corrected chi connectivity index (χ3v) is 9.46. The van der Waals surface area contributed by atoms with E-state index in [-0.39, 0.29) is 16.0 Å². The molecule has 0 unspecified atom stereocenters. The van der Waals surface area contributed by atoms with E-state index in [4.69, 9.17) is 4.74 Å². The zero-order valence-electron chi connectivity index (χ0n) is 12.5. The van der Waals surface area contributed by atoms with Gasteiger partial charge in [-0.25, -0.2) is 0 Å². The second kappa shape index (κ2) is 4.46. The monoisotopic (exact) mass is 333 g/mol. The normalized spacial score (nSPS) is 41.6. The van der Waals surface area contributed by atoms with E-state index in [1.54, 1.807) is 0 Å². The van der Waals surface area contributed by atoms with Gasteiger partial charge in [-0.05, 0) is 18.9 Å². The quantitative estimate of drug-likeness (QED) is 0.790. The molecule has 3 nitrogen and oxygen atoms in total. The number of carbonyl (C=O) groups is 1. The number of ether oxygens (including phenoxy) is 1. The number of nitrogens with zero attached hydrogens (tertiary/aromatic N) is 1. The van der Waals surface area contributed by atoms with Crippen molar-refractivity contribution in [1.29, 1.82) is 0 Å². The number of carbonyl (C=O) groups excluding carboxylic acids is 1. The first kappa shape index (κ1) is 13.8. The Hall–Kier alpha value is -0.650. The minimum atomic E-state index is -0.392. The third kappa shape index (κ3) is 1.53. The number of fused-ring (bicyclic) bond motifs is 4. The minimum Gasteiger partial charge on any atom is -0.353 e. The third-order valence-electron chi connectivity index (χ3n) is 5.86. The van der Waals surface area contributed by atoms with Crippen molar-refractivity contribution in [2.24, 2.45) is 11.8 Å². The van der Waals surface area contributed by atoms with E-state index in [1.165, 1.54) is 17.1 Å². The fraction of sp³-hybridized carbons (Fsp3) is 0.588. The molecule has 3 heterocycles. The van der Waals surface area contributed by atoms with E-state index in [2.05, 4.69) is 24.0 Å². The molecule has 5 heteroatoms. The molecule has 4 atom stereocenters. The first-order chi connectivity index (χ1) is 10.7. The molecule has 3 aliphatic heterocycles. The van der Waals surface area contributed by atoms with Crippen LogP contribution in [-0.2, 0) is 9.53 Å². The van der Waals surface area contributed by atoms with Crippen LogP contribution in [0.5, 0.6) is 0 Å². The van der Waals surface area contributed by atoms with E-state index in [0.29, 0.717) is 18.4 Å². The maximum Gasteiger partial charge on any atom is 0.231 e. The molecule has 0 radical (unpaired) electrons. The number of amides is 1. The lowest BCUT2D eigenvalue weighted by molar-refractivity contribution is -0.138. The van der Waals surface area contributed by atoms with Crippen LogP contribution in [0.4, 0.5) is 0 Å². The van der Waals surface area contributed by atoms with Gasteiger partial charge in [0.25, 0.3) is 0 Å². The van der Waals surface area contributed by atoms with E-state index in [0.717, 1.165) is 6.42 Å². The molecule has 4 aliphatic rings. The highest BCUT2D eigenvalue weighted by Crippen LogP contribution is 2.70. The fourth-order valence-corrected chi connectivity index (χ4v) is 8.43. The first-order valence-corrected chi connectivity index (χ1v) is 9.93. The van der Waals surface area contributed by atoms with E-state index in [1.807, 2.05) is 41.7 Å². The van der Waals surface area contributed by atoms with Crippen molar-refractivity contribution in [2.45, 2.75) is 29.2 Å². The van der Waals surface area contributed by atoms with Crippen LogP contribution < -0.4 is 0 Å². The van der Waals surface area contributed by atoms with Crippen molar-refractivity contribution in [3.8, 4) is 0 Å². The predicted molar refractivity (Wildman–Crippen MR) is 89.6 cm³/mol. The zero-order chi connectivity index (χ0) is 14.9. The molecule has 22 heavy (non-hydrogen) atoms. The van der Waals surface area contributed by atoms with Crippen molar-refractivity contribution >= 4 is 29.4 Å². The average molecular weight is 333 g/mol. The maximum absolute atomic E-state index is 13.2. The lowest BCUT2D eigenvalue weighted by atomic mass is 9.70. The Bertz CT molecular complexity index is 631. The summed E-state index contributed by atoms with van der Waals surface area (Å²) < 4.78 is 6.38. The van der Waals surface area contributed by atoms with Gasteiger partial charge < -0.3 is 9.64 Å². The van der Waals surface area contributed by atoms with Gasteiger partial charge in [-0.2, -0.15) is 0 Å². The number of rotatable bonds is 1. The van der Waals surface area contributed by atoms with Gasteiger partial charge >= 0.3 is 0 Å². The van der Waals surface area contributed by atoms with Gasteiger partial charge in [0, 0.05) is 17.4 Å². The molecule has 5 rings (SSSR count). The summed E-state index contributed by atoms with van der Waals surface area (Å²) >= 11 is 4.01. The number of hydrogen-bond acceptors (Lipinski definition) is 4. The molecule has 0 bridgehead atoms. The van der Waals surface area contributed by atoms with Crippen LogP contribution in [0.15, 0.2) is 30.3 Å². The Morgan fingerprint density at radius 1 is 1.23 bits per heavy atom. The van der Waals surface area contributed by atoms with Crippen molar-refractivity contribution in [3.05, 3.63) is 35.9 Å². The van der Waals surface area contributed by atoms with Crippen molar-refractivity contribution in [3.63, 3.8) is 0 Å². The molecule has 1 aromatic carbocycles. The number of thioether (sulfide) groups is 2. The Morgan fingerprint density at radius 3 is 2.68 bits per heavy atom. The van der Waals surface area contributed by atoms with Crippen LogP contribution >= 0.6 is 23.5 Å². The summed E-state index contributed by atoms with van der Waals surface area (Å²) in [5.74, 6) is 3.21. The fourth-order valence-electron chi connectivity index (χ4n) is 4.75. The Kier molecular flexibility index (Phi) is 2.79. The summed E-state index contributed by atoms with van der Waals surface area (Å²) in [5, 5.41) is 0. The van der Waals surface area contributed by atoms with Gasteiger partial charge in [0.15, 0.2) is 0 Å².